The lowest BCUT2D eigenvalue weighted by molar-refractivity contribution is -0.00810. The highest BCUT2D eigenvalue weighted by Crippen LogP contribution is 2.45. The third-order valence-corrected chi connectivity index (χ3v) is 5.88. The lowest BCUT2D eigenvalue weighted by atomic mass is 10.0. The second kappa shape index (κ2) is 4.93. The predicted molar refractivity (Wildman–Crippen MR) is 102 cm³/mol. The summed E-state index contributed by atoms with van der Waals surface area (Å²) in [5, 5.41) is 5.48. The monoisotopic (exact) mass is 322 g/mol. The maximum Gasteiger partial charge on any atom is 0.0880 e. The number of hydrogen-bond acceptors (Lipinski definition) is 1. The maximum atomic E-state index is 6.72. The van der Waals surface area contributed by atoms with E-state index in [2.05, 4.69) is 72.8 Å². The van der Waals surface area contributed by atoms with Gasteiger partial charge in [-0.05, 0) is 43.8 Å². The Morgan fingerprint density at radius 3 is 1.48 bits per heavy atom. The third kappa shape index (κ3) is 1.87. The standard InChI is InChI=1S/C24H18O/c1-5-15-7-3-11-19-21(13-17(9-1)23(15)19)25-22-14-18-10-2-6-16-8-4-12-20(22)24(16)18/h1-12,21-22H,13-14H2. The van der Waals surface area contributed by atoms with Crippen molar-refractivity contribution < 1.29 is 4.74 Å². The van der Waals surface area contributed by atoms with Gasteiger partial charge in [0.2, 0.25) is 0 Å². The summed E-state index contributed by atoms with van der Waals surface area (Å²) < 4.78 is 6.72. The summed E-state index contributed by atoms with van der Waals surface area (Å²) >= 11 is 0. The van der Waals surface area contributed by atoms with E-state index in [9.17, 15) is 0 Å². The molecule has 2 atom stereocenters. The summed E-state index contributed by atoms with van der Waals surface area (Å²) in [4.78, 5) is 0. The molecule has 4 aromatic rings. The number of benzene rings is 4. The van der Waals surface area contributed by atoms with Crippen LogP contribution in [0.2, 0.25) is 0 Å². The first-order chi connectivity index (χ1) is 12.4. The molecule has 4 aromatic carbocycles. The second-order valence-electron chi connectivity index (χ2n) is 7.25. The van der Waals surface area contributed by atoms with Crippen molar-refractivity contribution in [1.29, 1.82) is 0 Å². The van der Waals surface area contributed by atoms with Crippen LogP contribution in [-0.4, -0.2) is 0 Å². The van der Waals surface area contributed by atoms with Crippen LogP contribution in [0.25, 0.3) is 21.5 Å². The van der Waals surface area contributed by atoms with E-state index in [0.717, 1.165) is 12.8 Å². The molecule has 0 fully saturated rings. The minimum Gasteiger partial charge on any atom is -0.365 e. The van der Waals surface area contributed by atoms with Crippen LogP contribution in [0.1, 0.15) is 34.5 Å². The van der Waals surface area contributed by atoms with Gasteiger partial charge < -0.3 is 4.74 Å². The molecule has 2 aliphatic carbocycles. The van der Waals surface area contributed by atoms with Crippen LogP contribution in [0.3, 0.4) is 0 Å². The van der Waals surface area contributed by atoms with Crippen LogP contribution >= 0.6 is 0 Å². The highest BCUT2D eigenvalue weighted by Gasteiger charge is 2.31. The normalized spacial score (nSPS) is 20.6. The van der Waals surface area contributed by atoms with Crippen LogP contribution in [0.15, 0.2) is 72.8 Å². The summed E-state index contributed by atoms with van der Waals surface area (Å²) in [6.45, 7) is 0. The van der Waals surface area contributed by atoms with Crippen LogP contribution in [0.5, 0.6) is 0 Å². The molecule has 1 nitrogen and oxygen atoms in total. The van der Waals surface area contributed by atoms with Crippen molar-refractivity contribution >= 4 is 21.5 Å². The van der Waals surface area contributed by atoms with Gasteiger partial charge in [0.15, 0.2) is 0 Å². The van der Waals surface area contributed by atoms with Crippen molar-refractivity contribution in [2.75, 3.05) is 0 Å². The van der Waals surface area contributed by atoms with Gasteiger partial charge >= 0.3 is 0 Å². The fraction of sp³-hybridized carbons (Fsp3) is 0.167. The van der Waals surface area contributed by atoms with Crippen LogP contribution in [0.4, 0.5) is 0 Å². The van der Waals surface area contributed by atoms with Crippen LogP contribution in [0, 0.1) is 0 Å². The second-order valence-corrected chi connectivity index (χ2v) is 7.25. The van der Waals surface area contributed by atoms with Crippen molar-refractivity contribution in [3.05, 3.63) is 95.1 Å². The number of ether oxygens (including phenoxy) is 1. The van der Waals surface area contributed by atoms with Crippen LogP contribution < -0.4 is 0 Å². The van der Waals surface area contributed by atoms with Crippen molar-refractivity contribution in [2.45, 2.75) is 25.0 Å². The molecule has 0 spiro atoms. The molecule has 0 N–H and O–H groups in total. The highest BCUT2D eigenvalue weighted by molar-refractivity contribution is 5.92. The quantitative estimate of drug-likeness (QED) is 0.446. The van der Waals surface area contributed by atoms with E-state index >= 15 is 0 Å². The highest BCUT2D eigenvalue weighted by atomic mass is 16.5. The molecule has 2 aliphatic rings. The molecule has 6 rings (SSSR count). The molecule has 0 amide bonds. The lowest BCUT2D eigenvalue weighted by Crippen LogP contribution is -2.09. The van der Waals surface area contributed by atoms with Gasteiger partial charge in [-0.2, -0.15) is 0 Å². The van der Waals surface area contributed by atoms with Crippen molar-refractivity contribution in [2.24, 2.45) is 0 Å². The first kappa shape index (κ1) is 13.6. The van der Waals surface area contributed by atoms with Gasteiger partial charge in [-0.25, -0.2) is 0 Å². The summed E-state index contributed by atoms with van der Waals surface area (Å²) in [5.41, 5.74) is 5.56. The Morgan fingerprint density at radius 2 is 1.00 bits per heavy atom. The van der Waals surface area contributed by atoms with Gasteiger partial charge in [0.05, 0.1) is 12.2 Å². The minimum absolute atomic E-state index is 0.163. The van der Waals surface area contributed by atoms with Crippen LogP contribution in [-0.2, 0) is 17.6 Å². The molecule has 1 heteroatoms. The van der Waals surface area contributed by atoms with E-state index in [4.69, 9.17) is 4.74 Å². The van der Waals surface area contributed by atoms with Crippen molar-refractivity contribution in [1.82, 2.24) is 0 Å². The number of hydrogen-bond donors (Lipinski definition) is 0. The Labute approximate surface area is 146 Å². The molecule has 0 saturated heterocycles. The molecule has 120 valence electrons. The van der Waals surface area contributed by atoms with Gasteiger partial charge in [-0.1, -0.05) is 72.8 Å². The summed E-state index contributed by atoms with van der Waals surface area (Å²) in [7, 11) is 0. The molecule has 0 radical (unpaired) electrons. The molecule has 25 heavy (non-hydrogen) atoms. The SMILES string of the molecule is c1cc2c3c(cccc3c1)C(OC1Cc3cccc4cccc1c34)C2. The Hall–Kier alpha value is -2.64. The zero-order valence-corrected chi connectivity index (χ0v) is 13.9. The molecule has 2 unspecified atom stereocenters. The Balaban J connectivity index is 1.41. The summed E-state index contributed by atoms with van der Waals surface area (Å²) in [5.74, 6) is 0. The minimum atomic E-state index is 0.163. The van der Waals surface area contributed by atoms with E-state index in [1.54, 1.807) is 0 Å². The molecule has 0 aliphatic heterocycles. The maximum absolute atomic E-state index is 6.72. The van der Waals surface area contributed by atoms with E-state index in [1.807, 2.05) is 0 Å². The lowest BCUT2D eigenvalue weighted by Gasteiger charge is -2.20. The largest absolute Gasteiger partial charge is 0.365 e. The topological polar surface area (TPSA) is 9.23 Å². The van der Waals surface area contributed by atoms with E-state index < -0.39 is 0 Å². The zero-order valence-electron chi connectivity index (χ0n) is 13.9. The Bertz CT molecular complexity index is 1040. The molecule has 0 bridgehead atoms. The summed E-state index contributed by atoms with van der Waals surface area (Å²) in [6, 6.07) is 26.4. The van der Waals surface area contributed by atoms with Gasteiger partial charge in [0, 0.05) is 12.8 Å². The average Bonchev–Trinajstić information content (AvgIpc) is 3.18. The Kier molecular flexibility index (Phi) is 2.69. The van der Waals surface area contributed by atoms with Gasteiger partial charge in [-0.3, -0.25) is 0 Å². The van der Waals surface area contributed by atoms with E-state index in [0.29, 0.717) is 0 Å². The number of rotatable bonds is 2. The first-order valence-corrected chi connectivity index (χ1v) is 9.05. The molecule has 0 saturated carbocycles. The smallest absolute Gasteiger partial charge is 0.0880 e. The first-order valence-electron chi connectivity index (χ1n) is 9.05. The molecule has 0 heterocycles. The van der Waals surface area contributed by atoms with E-state index in [1.165, 1.54) is 43.8 Å². The van der Waals surface area contributed by atoms with Crippen molar-refractivity contribution in [3.8, 4) is 0 Å². The van der Waals surface area contributed by atoms with Gasteiger partial charge in [0.1, 0.15) is 0 Å². The third-order valence-electron chi connectivity index (χ3n) is 5.88. The van der Waals surface area contributed by atoms with Gasteiger partial charge in [0.25, 0.3) is 0 Å². The van der Waals surface area contributed by atoms with Gasteiger partial charge in [-0.15, -0.1) is 0 Å². The molecule has 0 aromatic heterocycles. The fourth-order valence-corrected chi connectivity index (χ4v) is 4.84. The predicted octanol–water partition coefficient (Wildman–Crippen LogP) is 5.90. The van der Waals surface area contributed by atoms with E-state index in [-0.39, 0.29) is 12.2 Å². The zero-order chi connectivity index (χ0) is 16.4. The average molecular weight is 322 g/mol. The fourth-order valence-electron chi connectivity index (χ4n) is 4.84. The molecular weight excluding hydrogens is 304 g/mol. The molecular formula is C24H18O. The summed E-state index contributed by atoms with van der Waals surface area (Å²) in [6.07, 6.45) is 2.30. The Morgan fingerprint density at radius 1 is 0.560 bits per heavy atom. The van der Waals surface area contributed by atoms with Crippen molar-refractivity contribution in [3.63, 3.8) is 0 Å².